The van der Waals surface area contributed by atoms with Gasteiger partial charge in [0, 0.05) is 0 Å². The van der Waals surface area contributed by atoms with Crippen LogP contribution < -0.4 is 0 Å². The molecule has 0 saturated carbocycles. The van der Waals surface area contributed by atoms with E-state index in [1.807, 2.05) is 0 Å². The molecular formula is C10HF21O6S3. The Balaban J connectivity index is 8.44. The lowest BCUT2D eigenvalue weighted by atomic mass is 10.3. The summed E-state index contributed by atoms with van der Waals surface area (Å²) in [6, 6.07) is 0. The van der Waals surface area contributed by atoms with Crippen molar-refractivity contribution in [3.63, 3.8) is 0 Å². The third-order valence-electron chi connectivity index (χ3n) is 4.00. The molecule has 0 aliphatic heterocycles. The zero-order valence-corrected chi connectivity index (χ0v) is 19.1. The molecule has 0 aliphatic carbocycles. The van der Waals surface area contributed by atoms with Crippen LogP contribution in [-0.2, 0) is 29.5 Å². The van der Waals surface area contributed by atoms with Crippen molar-refractivity contribution in [2.75, 3.05) is 0 Å². The highest BCUT2D eigenvalue weighted by Gasteiger charge is 2.89. The van der Waals surface area contributed by atoms with E-state index in [-0.39, 0.29) is 0 Å². The Morgan fingerprint density at radius 2 is 0.425 bits per heavy atom. The minimum absolute atomic E-state index is 7.85. The van der Waals surface area contributed by atoms with Gasteiger partial charge in [0.25, 0.3) is 33.4 Å². The molecule has 40 heavy (non-hydrogen) atoms. The van der Waals surface area contributed by atoms with E-state index in [9.17, 15) is 117 Å². The molecule has 6 nitrogen and oxygen atoms in total. The van der Waals surface area contributed by atoms with Crippen LogP contribution in [0.1, 0.15) is 0 Å². The minimum Gasteiger partial charge on any atom is -0.220 e. The van der Waals surface area contributed by atoms with Crippen LogP contribution in [0.4, 0.5) is 92.2 Å². The van der Waals surface area contributed by atoms with Gasteiger partial charge in [-0.2, -0.15) is 92.2 Å². The number of rotatable bonds is 9. The molecule has 0 atom stereocenters. The fourth-order valence-corrected chi connectivity index (χ4v) is 10.2. The van der Waals surface area contributed by atoms with E-state index in [0.29, 0.717) is 0 Å². The van der Waals surface area contributed by atoms with Crippen molar-refractivity contribution in [1.82, 2.24) is 0 Å². The molecule has 0 heterocycles. The van der Waals surface area contributed by atoms with Crippen LogP contribution in [0.15, 0.2) is 0 Å². The molecule has 0 rings (SSSR count). The van der Waals surface area contributed by atoms with Crippen molar-refractivity contribution in [2.24, 2.45) is 0 Å². The number of alkyl halides is 21. The molecule has 30 heteroatoms. The summed E-state index contributed by atoms with van der Waals surface area (Å²) < 4.78 is 333. The highest BCUT2D eigenvalue weighted by molar-refractivity contribution is 8.25. The highest BCUT2D eigenvalue weighted by atomic mass is 32.3. The first-order chi connectivity index (χ1) is 16.6. The third kappa shape index (κ3) is 4.80. The number of halogens is 21. The maximum atomic E-state index is 13.7. The van der Waals surface area contributed by atoms with Gasteiger partial charge in [0.2, 0.25) is 0 Å². The molecular weight excluding hydrogens is 711 g/mol. The first kappa shape index (κ1) is 38.4. The Morgan fingerprint density at radius 3 is 0.525 bits per heavy atom. The normalized spacial score (nSPS) is 16.9. The summed E-state index contributed by atoms with van der Waals surface area (Å²) in [6.45, 7) is 0. The standard InChI is InChI=1S/C10HF21O6S3/c11-2(12,5(17,18)19)8(26,27)38(32,33)1(39(34,35)9(28,29)3(13,14)6(20,21)22)40(36,37)10(30,31)4(15,16)7(23,24)25/h1H. The summed E-state index contributed by atoms with van der Waals surface area (Å²) in [4.78, 5) is 0. The molecule has 0 bridgehead atoms. The van der Waals surface area contributed by atoms with Crippen LogP contribution in [0.3, 0.4) is 0 Å². The van der Waals surface area contributed by atoms with E-state index in [2.05, 4.69) is 0 Å². The van der Waals surface area contributed by atoms with Gasteiger partial charge in [0.15, 0.2) is 0 Å². The summed E-state index contributed by atoms with van der Waals surface area (Å²) >= 11 is 0. The second-order valence-corrected chi connectivity index (χ2v) is 13.8. The summed E-state index contributed by atoms with van der Waals surface area (Å²) in [5, 5.41) is -26.7. The number of hydrogen-bond acceptors (Lipinski definition) is 6. The second-order valence-electron chi connectivity index (χ2n) is 6.69. The van der Waals surface area contributed by atoms with Gasteiger partial charge in [-0.1, -0.05) is 0 Å². The summed E-state index contributed by atoms with van der Waals surface area (Å²) in [7, 11) is -30.2. The lowest BCUT2D eigenvalue weighted by molar-refractivity contribution is -0.333. The van der Waals surface area contributed by atoms with Gasteiger partial charge in [-0.15, -0.1) is 0 Å². The fraction of sp³-hybridized carbons (Fsp3) is 1.00. The SMILES string of the molecule is O=S(=O)(C(S(=O)(=O)C(F)(F)C(F)(F)C(F)(F)F)S(=O)(=O)C(F)(F)C(F)(F)C(F)(F)F)C(F)(F)C(F)(F)C(F)(F)F. The first-order valence-electron chi connectivity index (χ1n) is 7.79. The van der Waals surface area contributed by atoms with Crippen molar-refractivity contribution in [1.29, 1.82) is 0 Å². The second kappa shape index (κ2) is 9.19. The predicted octanol–water partition coefficient (Wildman–Crippen LogP) is 4.89. The topological polar surface area (TPSA) is 102 Å². The van der Waals surface area contributed by atoms with E-state index in [0.717, 1.165) is 0 Å². The Hall–Kier alpha value is -1.62. The Bertz CT molecular complexity index is 1140. The summed E-state index contributed by atoms with van der Waals surface area (Å²) in [5.41, 5.74) is 0. The lowest BCUT2D eigenvalue weighted by Gasteiger charge is -2.35. The molecule has 0 aliphatic rings. The van der Waals surface area contributed by atoms with Crippen LogP contribution in [0.25, 0.3) is 0 Å². The van der Waals surface area contributed by atoms with E-state index in [1.54, 1.807) is 0 Å². The maximum Gasteiger partial charge on any atom is 0.461 e. The van der Waals surface area contributed by atoms with Crippen LogP contribution in [0.2, 0.25) is 0 Å². The highest BCUT2D eigenvalue weighted by Crippen LogP contribution is 2.58. The smallest absolute Gasteiger partial charge is 0.220 e. The van der Waals surface area contributed by atoms with Crippen LogP contribution >= 0.6 is 0 Å². The van der Waals surface area contributed by atoms with Crippen LogP contribution in [-0.4, -0.2) is 81.2 Å². The van der Waals surface area contributed by atoms with E-state index in [4.69, 9.17) is 0 Å². The largest absolute Gasteiger partial charge is 0.461 e. The van der Waals surface area contributed by atoms with Crippen molar-refractivity contribution in [3.8, 4) is 0 Å². The molecule has 0 spiro atoms. The quantitative estimate of drug-likeness (QED) is 0.316. The summed E-state index contributed by atoms with van der Waals surface area (Å²) in [5.74, 6) is -25.9. The fourth-order valence-electron chi connectivity index (χ4n) is 1.89. The molecule has 242 valence electrons. The minimum atomic E-state index is -10.1. The molecule has 0 aromatic carbocycles. The van der Waals surface area contributed by atoms with Gasteiger partial charge in [0.05, 0.1) is 0 Å². The number of sulfone groups is 3. The molecule has 0 amide bonds. The van der Waals surface area contributed by atoms with Gasteiger partial charge in [-0.3, -0.25) is 0 Å². The van der Waals surface area contributed by atoms with E-state index >= 15 is 0 Å². The van der Waals surface area contributed by atoms with Crippen molar-refractivity contribution >= 4 is 29.5 Å². The third-order valence-corrected chi connectivity index (χ3v) is 13.0. The zero-order chi connectivity index (χ0) is 33.6. The average molecular weight is 712 g/mol. The molecule has 0 aromatic rings. The molecule has 0 radical (unpaired) electrons. The summed E-state index contributed by atoms with van der Waals surface area (Å²) in [6.07, 6.45) is -24.6. The maximum absolute atomic E-state index is 13.7. The van der Waals surface area contributed by atoms with Gasteiger partial charge in [0.1, 0.15) is 0 Å². The number of hydrogen-bond donors (Lipinski definition) is 0. The Labute approximate surface area is 203 Å². The molecule has 0 aromatic heterocycles. The van der Waals surface area contributed by atoms with E-state index < -0.39 is 85.5 Å². The van der Waals surface area contributed by atoms with Gasteiger partial charge in [-0.05, 0) is 0 Å². The Kier molecular flexibility index (Phi) is 8.82. The Morgan fingerprint density at radius 1 is 0.300 bits per heavy atom. The van der Waals surface area contributed by atoms with Crippen LogP contribution in [0.5, 0.6) is 0 Å². The van der Waals surface area contributed by atoms with Crippen molar-refractivity contribution < 1.29 is 117 Å². The molecule has 0 N–H and O–H groups in total. The van der Waals surface area contributed by atoms with Crippen molar-refractivity contribution in [3.05, 3.63) is 0 Å². The first-order valence-corrected chi connectivity index (χ1v) is 12.4. The van der Waals surface area contributed by atoms with Gasteiger partial charge >= 0.3 is 52.1 Å². The molecule has 0 fully saturated rings. The van der Waals surface area contributed by atoms with Crippen LogP contribution in [0, 0.1) is 0 Å². The monoisotopic (exact) mass is 712 g/mol. The molecule has 0 saturated heterocycles. The van der Waals surface area contributed by atoms with Crippen molar-refractivity contribution in [2.45, 2.75) is 56.0 Å². The van der Waals surface area contributed by atoms with E-state index in [1.165, 1.54) is 0 Å². The van der Waals surface area contributed by atoms with Gasteiger partial charge in [-0.25, -0.2) is 25.3 Å². The lowest BCUT2D eigenvalue weighted by Crippen LogP contribution is -2.68. The average Bonchev–Trinajstić information content (AvgIpc) is 2.63. The van der Waals surface area contributed by atoms with Gasteiger partial charge < -0.3 is 0 Å². The molecule has 0 unspecified atom stereocenters. The zero-order valence-electron chi connectivity index (χ0n) is 16.7. The predicted molar refractivity (Wildman–Crippen MR) is 78.4 cm³/mol.